The number of ether oxygens (including phenoxy) is 2. The van der Waals surface area contributed by atoms with E-state index in [1.165, 1.54) is 19.3 Å². The van der Waals surface area contributed by atoms with Gasteiger partial charge in [0, 0.05) is 23.5 Å². The third-order valence-electron chi connectivity index (χ3n) is 4.44. The van der Waals surface area contributed by atoms with Crippen LogP contribution in [0.2, 0.25) is 0 Å². The van der Waals surface area contributed by atoms with Crippen molar-refractivity contribution in [2.45, 2.75) is 52.4 Å². The van der Waals surface area contributed by atoms with E-state index in [0.29, 0.717) is 13.2 Å². The van der Waals surface area contributed by atoms with Gasteiger partial charge in [-0.05, 0) is 37.1 Å². The molecule has 0 radical (unpaired) electrons. The third kappa shape index (κ3) is 9.37. The zero-order chi connectivity index (χ0) is 20.7. The molecule has 0 spiro atoms. The molecule has 2 rings (SSSR count). The van der Waals surface area contributed by atoms with E-state index < -0.39 is 0 Å². The van der Waals surface area contributed by atoms with Crippen molar-refractivity contribution in [2.24, 2.45) is 0 Å². The van der Waals surface area contributed by atoms with E-state index in [1.807, 2.05) is 48.5 Å². The zero-order valence-electron chi connectivity index (χ0n) is 17.7. The molecule has 158 valence electrons. The van der Waals surface area contributed by atoms with Gasteiger partial charge >= 0.3 is 0 Å². The molecule has 2 aromatic rings. The molecule has 1 amide bonds. The maximum absolute atomic E-state index is 12.3. The van der Waals surface area contributed by atoms with Gasteiger partial charge in [0.1, 0.15) is 11.5 Å². The van der Waals surface area contributed by atoms with Crippen molar-refractivity contribution in [3.63, 3.8) is 0 Å². The van der Waals surface area contributed by atoms with E-state index in [0.717, 1.165) is 42.1 Å². The lowest BCUT2D eigenvalue weighted by Crippen LogP contribution is -2.21. The molecule has 2 aromatic carbocycles. The molecular formula is C24H34N2O3. The maximum Gasteiger partial charge on any atom is 0.243 e. The highest BCUT2D eigenvalue weighted by Gasteiger charge is 2.05. The number of hydrogen-bond acceptors (Lipinski definition) is 4. The van der Waals surface area contributed by atoms with Crippen molar-refractivity contribution in [1.82, 2.24) is 0 Å². The first kappa shape index (κ1) is 22.6. The third-order valence-corrected chi connectivity index (χ3v) is 4.44. The molecule has 0 aromatic heterocycles. The molecule has 0 unspecified atom stereocenters. The Morgan fingerprint density at radius 1 is 0.793 bits per heavy atom. The van der Waals surface area contributed by atoms with Crippen LogP contribution < -0.4 is 20.1 Å². The summed E-state index contributed by atoms with van der Waals surface area (Å²) in [6.07, 6.45) is 6.82. The molecule has 5 heteroatoms. The van der Waals surface area contributed by atoms with Crippen LogP contribution in [0.4, 0.5) is 11.4 Å². The first-order valence-electron chi connectivity index (χ1n) is 10.7. The van der Waals surface area contributed by atoms with Crippen molar-refractivity contribution in [3.8, 4) is 11.5 Å². The number of amides is 1. The smallest absolute Gasteiger partial charge is 0.243 e. The van der Waals surface area contributed by atoms with Crippen LogP contribution in [0.3, 0.4) is 0 Å². The number of unbranched alkanes of at least 4 members (excludes halogenated alkanes) is 4. The first-order valence-corrected chi connectivity index (χ1v) is 10.7. The number of carbonyl (C=O) groups is 1. The average Bonchev–Trinajstić information content (AvgIpc) is 2.73. The monoisotopic (exact) mass is 398 g/mol. The minimum atomic E-state index is -0.109. The first-order chi connectivity index (χ1) is 14.2. The summed E-state index contributed by atoms with van der Waals surface area (Å²) in [6.45, 7) is 5.92. The minimum absolute atomic E-state index is 0.109. The summed E-state index contributed by atoms with van der Waals surface area (Å²) < 4.78 is 11.5. The van der Waals surface area contributed by atoms with Crippen molar-refractivity contribution in [3.05, 3.63) is 48.5 Å². The molecule has 0 aliphatic heterocycles. The van der Waals surface area contributed by atoms with Gasteiger partial charge in [-0.15, -0.1) is 0 Å². The van der Waals surface area contributed by atoms with Gasteiger partial charge in [0.15, 0.2) is 0 Å². The van der Waals surface area contributed by atoms with E-state index in [1.54, 1.807) is 0 Å². The molecule has 0 saturated carbocycles. The predicted molar refractivity (Wildman–Crippen MR) is 120 cm³/mol. The van der Waals surface area contributed by atoms with Crippen LogP contribution >= 0.6 is 0 Å². The normalized spacial score (nSPS) is 10.4. The molecular weight excluding hydrogens is 364 g/mol. The molecule has 0 aliphatic carbocycles. The number of anilines is 2. The average molecular weight is 399 g/mol. The van der Waals surface area contributed by atoms with Gasteiger partial charge < -0.3 is 20.1 Å². The number of nitrogens with one attached hydrogen (secondary N) is 2. The Labute approximate surface area is 174 Å². The molecule has 0 aliphatic rings. The van der Waals surface area contributed by atoms with Crippen molar-refractivity contribution in [2.75, 3.05) is 30.4 Å². The predicted octanol–water partition coefficient (Wildman–Crippen LogP) is 5.88. The fourth-order valence-electron chi connectivity index (χ4n) is 2.80. The Morgan fingerprint density at radius 2 is 1.41 bits per heavy atom. The molecule has 0 heterocycles. The van der Waals surface area contributed by atoms with Crippen LogP contribution in [0.1, 0.15) is 52.4 Å². The SMILES string of the molecule is CCCCCCOc1cccc(NC(=O)CNc2cccc(OCCCC)c2)c1. The van der Waals surface area contributed by atoms with Gasteiger partial charge in [0.25, 0.3) is 0 Å². The Balaban J connectivity index is 1.76. The van der Waals surface area contributed by atoms with Crippen LogP contribution in [-0.2, 0) is 4.79 Å². The summed E-state index contributed by atoms with van der Waals surface area (Å²) in [5, 5.41) is 6.05. The van der Waals surface area contributed by atoms with E-state index in [2.05, 4.69) is 24.5 Å². The zero-order valence-corrected chi connectivity index (χ0v) is 17.7. The van der Waals surface area contributed by atoms with E-state index >= 15 is 0 Å². The molecule has 0 saturated heterocycles. The number of rotatable bonds is 14. The van der Waals surface area contributed by atoms with E-state index in [4.69, 9.17) is 9.47 Å². The molecule has 0 atom stereocenters. The van der Waals surface area contributed by atoms with Gasteiger partial charge in [-0.25, -0.2) is 0 Å². The van der Waals surface area contributed by atoms with Gasteiger partial charge in [-0.1, -0.05) is 51.7 Å². The number of benzene rings is 2. The summed E-state index contributed by atoms with van der Waals surface area (Å²) in [4.78, 5) is 12.3. The second-order valence-electron chi connectivity index (χ2n) is 7.07. The molecule has 0 bridgehead atoms. The molecule has 29 heavy (non-hydrogen) atoms. The van der Waals surface area contributed by atoms with Gasteiger partial charge in [-0.2, -0.15) is 0 Å². The van der Waals surface area contributed by atoms with Crippen LogP contribution in [-0.4, -0.2) is 25.7 Å². The van der Waals surface area contributed by atoms with Gasteiger partial charge in [0.2, 0.25) is 5.91 Å². The lowest BCUT2D eigenvalue weighted by atomic mass is 10.2. The Bertz CT molecular complexity index is 734. The largest absolute Gasteiger partial charge is 0.494 e. The summed E-state index contributed by atoms with van der Waals surface area (Å²) in [5.41, 5.74) is 1.60. The number of carbonyl (C=O) groups excluding carboxylic acids is 1. The lowest BCUT2D eigenvalue weighted by molar-refractivity contribution is -0.114. The second-order valence-corrected chi connectivity index (χ2v) is 7.07. The fraction of sp³-hybridized carbons (Fsp3) is 0.458. The van der Waals surface area contributed by atoms with Crippen LogP contribution in [0, 0.1) is 0 Å². The quantitative estimate of drug-likeness (QED) is 0.390. The molecule has 5 nitrogen and oxygen atoms in total. The Hall–Kier alpha value is -2.69. The summed E-state index contributed by atoms with van der Waals surface area (Å²) in [7, 11) is 0. The van der Waals surface area contributed by atoms with Gasteiger partial charge in [-0.3, -0.25) is 4.79 Å². The summed E-state index contributed by atoms with van der Waals surface area (Å²) >= 11 is 0. The Kier molecular flexibility index (Phi) is 10.5. The summed E-state index contributed by atoms with van der Waals surface area (Å²) in [6, 6.07) is 15.2. The topological polar surface area (TPSA) is 59.6 Å². The summed E-state index contributed by atoms with van der Waals surface area (Å²) in [5.74, 6) is 1.49. The standard InChI is InChI=1S/C24H34N2O3/c1-3-5-7-8-16-29-23-14-10-12-21(18-23)26-24(27)19-25-20-11-9-13-22(17-20)28-15-6-4-2/h9-14,17-18,25H,3-8,15-16,19H2,1-2H3,(H,26,27). The van der Waals surface area contributed by atoms with E-state index in [9.17, 15) is 4.79 Å². The van der Waals surface area contributed by atoms with Crippen molar-refractivity contribution in [1.29, 1.82) is 0 Å². The molecule has 2 N–H and O–H groups in total. The van der Waals surface area contributed by atoms with Crippen molar-refractivity contribution < 1.29 is 14.3 Å². The van der Waals surface area contributed by atoms with Crippen LogP contribution in [0.25, 0.3) is 0 Å². The maximum atomic E-state index is 12.3. The minimum Gasteiger partial charge on any atom is -0.494 e. The van der Waals surface area contributed by atoms with Gasteiger partial charge in [0.05, 0.1) is 19.8 Å². The number of hydrogen-bond donors (Lipinski definition) is 2. The highest BCUT2D eigenvalue weighted by Crippen LogP contribution is 2.19. The fourth-order valence-corrected chi connectivity index (χ4v) is 2.80. The highest BCUT2D eigenvalue weighted by molar-refractivity contribution is 5.93. The Morgan fingerprint density at radius 3 is 2.10 bits per heavy atom. The molecule has 0 fully saturated rings. The lowest BCUT2D eigenvalue weighted by Gasteiger charge is -2.11. The van der Waals surface area contributed by atoms with Crippen molar-refractivity contribution >= 4 is 17.3 Å². The van der Waals surface area contributed by atoms with E-state index in [-0.39, 0.29) is 12.5 Å². The highest BCUT2D eigenvalue weighted by atomic mass is 16.5. The van der Waals surface area contributed by atoms with Crippen LogP contribution in [0.15, 0.2) is 48.5 Å². The second kappa shape index (κ2) is 13.5. The van der Waals surface area contributed by atoms with Crippen LogP contribution in [0.5, 0.6) is 11.5 Å².